The summed E-state index contributed by atoms with van der Waals surface area (Å²) in [5.41, 5.74) is 1.32. The summed E-state index contributed by atoms with van der Waals surface area (Å²) in [7, 11) is 1.67. The van der Waals surface area contributed by atoms with Crippen LogP contribution in [0.3, 0.4) is 0 Å². The van der Waals surface area contributed by atoms with Crippen LogP contribution in [0.5, 0.6) is 5.75 Å². The smallest absolute Gasteiger partial charge is 0.245 e. The van der Waals surface area contributed by atoms with E-state index in [1.165, 1.54) is 11.6 Å². The Kier molecular flexibility index (Phi) is 5.96. The molecule has 0 saturated carbocycles. The van der Waals surface area contributed by atoms with Gasteiger partial charge in [-0.3, -0.25) is 9.59 Å². The highest BCUT2D eigenvalue weighted by atomic mass is 16.5. The number of methoxy groups -OCH3 is 1. The Morgan fingerprint density at radius 1 is 1.08 bits per heavy atom. The summed E-state index contributed by atoms with van der Waals surface area (Å²) in [6.45, 7) is 6.40. The molecule has 1 unspecified atom stereocenters. The first-order chi connectivity index (χ1) is 12.6. The van der Waals surface area contributed by atoms with Gasteiger partial charge in [0.1, 0.15) is 5.75 Å². The van der Waals surface area contributed by atoms with Crippen molar-refractivity contribution in [2.24, 2.45) is 5.92 Å². The summed E-state index contributed by atoms with van der Waals surface area (Å²) in [4.78, 5) is 28.5. The molecular weight excluding hydrogens is 328 g/mol. The van der Waals surface area contributed by atoms with Gasteiger partial charge >= 0.3 is 0 Å². The Balaban J connectivity index is 1.54. The van der Waals surface area contributed by atoms with Crippen molar-refractivity contribution in [3.63, 3.8) is 0 Å². The maximum atomic E-state index is 12.9. The predicted octanol–water partition coefficient (Wildman–Crippen LogP) is 2.83. The molecule has 1 aromatic rings. The van der Waals surface area contributed by atoms with Crippen molar-refractivity contribution in [3.8, 4) is 5.75 Å². The summed E-state index contributed by atoms with van der Waals surface area (Å²) in [5, 5.41) is 0. The highest BCUT2D eigenvalue weighted by Crippen LogP contribution is 2.30. The van der Waals surface area contributed by atoms with Gasteiger partial charge in [-0.25, -0.2) is 0 Å². The molecule has 2 amide bonds. The van der Waals surface area contributed by atoms with E-state index in [1.807, 2.05) is 17.0 Å². The van der Waals surface area contributed by atoms with E-state index >= 15 is 0 Å². The lowest BCUT2D eigenvalue weighted by atomic mass is 9.88. The van der Waals surface area contributed by atoms with E-state index in [0.717, 1.165) is 51.1 Å². The normalized spacial score (nSPS) is 21.3. The molecule has 5 nitrogen and oxygen atoms in total. The largest absolute Gasteiger partial charge is 0.497 e. The highest BCUT2D eigenvalue weighted by Gasteiger charge is 2.32. The van der Waals surface area contributed by atoms with Crippen LogP contribution in [0.25, 0.3) is 0 Å². The fourth-order valence-corrected chi connectivity index (χ4v) is 4.08. The minimum absolute atomic E-state index is 0.0646. The van der Waals surface area contributed by atoms with Gasteiger partial charge in [0.05, 0.1) is 13.0 Å². The molecule has 0 spiro atoms. The summed E-state index contributed by atoms with van der Waals surface area (Å²) in [6.07, 6.45) is 5.07. The molecule has 2 heterocycles. The molecule has 0 bridgehead atoms. The Labute approximate surface area is 155 Å². The van der Waals surface area contributed by atoms with Gasteiger partial charge in [0, 0.05) is 26.2 Å². The number of hydrogen-bond acceptors (Lipinski definition) is 3. The predicted molar refractivity (Wildman–Crippen MR) is 101 cm³/mol. The lowest BCUT2D eigenvalue weighted by molar-refractivity contribution is -0.140. The molecular formula is C21H28N2O3. The van der Waals surface area contributed by atoms with Crippen molar-refractivity contribution in [1.29, 1.82) is 0 Å². The van der Waals surface area contributed by atoms with Gasteiger partial charge in [0.2, 0.25) is 11.8 Å². The standard InChI is InChI=1S/C21H28N2O3/c1-3-20(24)23-12-4-5-18(15-23)21(25)22-13-10-17(11-14-22)16-6-8-19(26-2)9-7-16/h3,6-9,17-18H,1,4-5,10-15H2,2H3. The molecule has 2 saturated heterocycles. The molecule has 0 N–H and O–H groups in total. The van der Waals surface area contributed by atoms with E-state index in [4.69, 9.17) is 4.74 Å². The number of carbonyl (C=O) groups excluding carboxylic acids is 2. The number of hydrogen-bond donors (Lipinski definition) is 0. The van der Waals surface area contributed by atoms with Gasteiger partial charge in [-0.1, -0.05) is 18.7 Å². The van der Waals surface area contributed by atoms with Gasteiger partial charge in [0.15, 0.2) is 0 Å². The summed E-state index contributed by atoms with van der Waals surface area (Å²) < 4.78 is 5.22. The molecule has 26 heavy (non-hydrogen) atoms. The second-order valence-electron chi connectivity index (χ2n) is 7.20. The van der Waals surface area contributed by atoms with E-state index < -0.39 is 0 Å². The number of likely N-dealkylation sites (tertiary alicyclic amines) is 2. The van der Waals surface area contributed by atoms with Crippen LogP contribution in [0.15, 0.2) is 36.9 Å². The molecule has 1 atom stereocenters. The third-order valence-electron chi connectivity index (χ3n) is 5.65. The Hall–Kier alpha value is -2.30. The van der Waals surface area contributed by atoms with Gasteiger partial charge < -0.3 is 14.5 Å². The van der Waals surface area contributed by atoms with Crippen LogP contribution in [0.4, 0.5) is 0 Å². The Morgan fingerprint density at radius 3 is 2.38 bits per heavy atom. The molecule has 2 aliphatic heterocycles. The third kappa shape index (κ3) is 4.09. The van der Waals surface area contributed by atoms with Crippen molar-refractivity contribution < 1.29 is 14.3 Å². The van der Waals surface area contributed by atoms with E-state index in [2.05, 4.69) is 18.7 Å². The minimum Gasteiger partial charge on any atom is -0.497 e. The van der Waals surface area contributed by atoms with Crippen LogP contribution in [0.1, 0.15) is 37.2 Å². The Morgan fingerprint density at radius 2 is 1.77 bits per heavy atom. The molecule has 0 radical (unpaired) electrons. The zero-order valence-electron chi connectivity index (χ0n) is 15.5. The third-order valence-corrected chi connectivity index (χ3v) is 5.65. The zero-order chi connectivity index (χ0) is 18.5. The first-order valence-electron chi connectivity index (χ1n) is 9.46. The monoisotopic (exact) mass is 356 g/mol. The molecule has 5 heteroatoms. The molecule has 140 valence electrons. The van der Waals surface area contributed by atoms with Crippen molar-refractivity contribution in [3.05, 3.63) is 42.5 Å². The number of benzene rings is 1. The van der Waals surface area contributed by atoms with Crippen molar-refractivity contribution in [2.75, 3.05) is 33.3 Å². The minimum atomic E-state index is -0.0688. The van der Waals surface area contributed by atoms with Gasteiger partial charge in [0.25, 0.3) is 0 Å². The number of amides is 2. The number of rotatable bonds is 4. The van der Waals surface area contributed by atoms with Gasteiger partial charge in [-0.05, 0) is 55.4 Å². The molecule has 2 fully saturated rings. The maximum absolute atomic E-state index is 12.9. The van der Waals surface area contributed by atoms with Crippen LogP contribution in [-0.4, -0.2) is 54.9 Å². The topological polar surface area (TPSA) is 49.9 Å². The molecule has 3 rings (SSSR count). The second-order valence-corrected chi connectivity index (χ2v) is 7.20. The van der Waals surface area contributed by atoms with Crippen LogP contribution < -0.4 is 4.74 Å². The van der Waals surface area contributed by atoms with Crippen LogP contribution in [-0.2, 0) is 9.59 Å². The van der Waals surface area contributed by atoms with Gasteiger partial charge in [-0.2, -0.15) is 0 Å². The lowest BCUT2D eigenvalue weighted by Crippen LogP contribution is -2.48. The average molecular weight is 356 g/mol. The van der Waals surface area contributed by atoms with E-state index in [9.17, 15) is 9.59 Å². The molecule has 2 aliphatic rings. The zero-order valence-corrected chi connectivity index (χ0v) is 15.5. The summed E-state index contributed by atoms with van der Waals surface area (Å²) >= 11 is 0. The summed E-state index contributed by atoms with van der Waals surface area (Å²) in [5.74, 6) is 1.44. The van der Waals surface area contributed by atoms with E-state index in [0.29, 0.717) is 12.5 Å². The van der Waals surface area contributed by atoms with E-state index in [1.54, 1.807) is 12.0 Å². The van der Waals surface area contributed by atoms with Crippen molar-refractivity contribution in [2.45, 2.75) is 31.6 Å². The average Bonchev–Trinajstić information content (AvgIpc) is 2.73. The second kappa shape index (κ2) is 8.39. The number of carbonyl (C=O) groups is 2. The number of ether oxygens (including phenoxy) is 1. The fourth-order valence-electron chi connectivity index (χ4n) is 4.08. The van der Waals surface area contributed by atoms with Gasteiger partial charge in [-0.15, -0.1) is 0 Å². The molecule has 0 aromatic heterocycles. The number of nitrogens with zero attached hydrogens (tertiary/aromatic N) is 2. The van der Waals surface area contributed by atoms with Crippen molar-refractivity contribution >= 4 is 11.8 Å². The maximum Gasteiger partial charge on any atom is 0.245 e. The van der Waals surface area contributed by atoms with E-state index in [-0.39, 0.29) is 17.7 Å². The highest BCUT2D eigenvalue weighted by molar-refractivity contribution is 5.88. The number of piperidine rings is 2. The molecule has 0 aliphatic carbocycles. The van der Waals surface area contributed by atoms with Crippen molar-refractivity contribution in [1.82, 2.24) is 9.80 Å². The Bertz CT molecular complexity index is 648. The first-order valence-corrected chi connectivity index (χ1v) is 9.46. The molecule has 1 aromatic carbocycles. The van der Waals surface area contributed by atoms with Crippen LogP contribution >= 0.6 is 0 Å². The summed E-state index contributed by atoms with van der Waals surface area (Å²) in [6, 6.07) is 8.25. The SMILES string of the molecule is C=CC(=O)N1CCCC(C(=O)N2CCC(c3ccc(OC)cc3)CC2)C1. The van der Waals surface area contributed by atoms with Crippen LogP contribution in [0, 0.1) is 5.92 Å². The lowest BCUT2D eigenvalue weighted by Gasteiger charge is -2.37. The fraction of sp³-hybridized carbons (Fsp3) is 0.524. The van der Waals surface area contributed by atoms with Crippen LogP contribution in [0.2, 0.25) is 0 Å². The first kappa shape index (κ1) is 18.5. The quantitative estimate of drug-likeness (QED) is 0.780.